The highest BCUT2D eigenvalue weighted by Gasteiger charge is 1.98. The first-order valence-electron chi connectivity index (χ1n) is 7.72. The third-order valence-electron chi connectivity index (χ3n) is 3.52. The summed E-state index contributed by atoms with van der Waals surface area (Å²) in [5.74, 6) is 0.0334. The summed E-state index contributed by atoms with van der Waals surface area (Å²) in [6.45, 7) is 3.93. The van der Waals surface area contributed by atoms with Crippen molar-refractivity contribution in [2.24, 2.45) is 0 Å². The Hall–Kier alpha value is -2.88. The van der Waals surface area contributed by atoms with E-state index in [0.717, 1.165) is 17.7 Å². The fraction of sp³-hybridized carbons (Fsp3) is 0.150. The van der Waals surface area contributed by atoms with E-state index in [1.165, 1.54) is 22.3 Å². The van der Waals surface area contributed by atoms with Crippen molar-refractivity contribution >= 4 is 0 Å². The molecule has 24 heavy (non-hydrogen) atoms. The molecule has 3 nitrogen and oxygen atoms in total. The lowest BCUT2D eigenvalue weighted by Crippen LogP contribution is -2.16. The van der Waals surface area contributed by atoms with Crippen molar-refractivity contribution in [3.8, 4) is 11.4 Å². The van der Waals surface area contributed by atoms with Crippen LogP contribution >= 0.6 is 0 Å². The maximum absolute atomic E-state index is 12.2. The van der Waals surface area contributed by atoms with Crippen molar-refractivity contribution in [3.63, 3.8) is 0 Å². The van der Waals surface area contributed by atoms with E-state index in [4.69, 9.17) is 5.11 Å². The standard InChI is InChI=1S/C12H11NO2.C8H9F/c1-9-6-7-13(12(15)8-9)10-2-4-11(14)5-3-10;1-2-7-3-5-8(9)6-4-7/h2-8,14H,1H3;3-6H,2H2,1H3. The van der Waals surface area contributed by atoms with E-state index in [-0.39, 0.29) is 17.1 Å². The highest BCUT2D eigenvalue weighted by molar-refractivity contribution is 5.37. The van der Waals surface area contributed by atoms with Gasteiger partial charge in [-0.2, -0.15) is 0 Å². The van der Waals surface area contributed by atoms with Gasteiger partial charge in [0.25, 0.3) is 5.56 Å². The van der Waals surface area contributed by atoms with Gasteiger partial charge in [-0.15, -0.1) is 0 Å². The summed E-state index contributed by atoms with van der Waals surface area (Å²) in [5.41, 5.74) is 2.80. The molecule has 2 aromatic carbocycles. The average Bonchev–Trinajstić information content (AvgIpc) is 2.57. The largest absolute Gasteiger partial charge is 0.508 e. The van der Waals surface area contributed by atoms with Crippen LogP contribution in [0, 0.1) is 12.7 Å². The molecule has 0 amide bonds. The fourth-order valence-electron chi connectivity index (χ4n) is 2.12. The van der Waals surface area contributed by atoms with Gasteiger partial charge >= 0.3 is 0 Å². The first kappa shape index (κ1) is 17.5. The molecule has 4 heteroatoms. The molecule has 124 valence electrons. The molecule has 0 bridgehead atoms. The molecule has 0 radical (unpaired) electrons. The summed E-state index contributed by atoms with van der Waals surface area (Å²) in [4.78, 5) is 11.6. The first-order chi connectivity index (χ1) is 11.5. The number of aromatic nitrogens is 1. The van der Waals surface area contributed by atoms with Gasteiger partial charge < -0.3 is 5.11 Å². The summed E-state index contributed by atoms with van der Waals surface area (Å²) in [6, 6.07) is 16.5. The molecular weight excluding hydrogens is 305 g/mol. The van der Waals surface area contributed by atoms with Crippen LogP contribution in [-0.4, -0.2) is 9.67 Å². The van der Waals surface area contributed by atoms with Gasteiger partial charge in [-0.25, -0.2) is 4.39 Å². The molecule has 0 aliphatic heterocycles. The second-order valence-electron chi connectivity index (χ2n) is 5.41. The Morgan fingerprint density at radius 1 is 1.00 bits per heavy atom. The summed E-state index contributed by atoms with van der Waals surface area (Å²) >= 11 is 0. The molecule has 0 unspecified atom stereocenters. The molecule has 0 aliphatic rings. The molecule has 0 saturated heterocycles. The van der Waals surface area contributed by atoms with Gasteiger partial charge in [0.2, 0.25) is 0 Å². The van der Waals surface area contributed by atoms with Gasteiger partial charge in [0, 0.05) is 18.0 Å². The van der Waals surface area contributed by atoms with Crippen LogP contribution in [0.15, 0.2) is 71.7 Å². The number of nitrogens with zero attached hydrogens (tertiary/aromatic N) is 1. The van der Waals surface area contributed by atoms with E-state index in [9.17, 15) is 9.18 Å². The van der Waals surface area contributed by atoms with E-state index in [1.54, 1.807) is 48.7 Å². The van der Waals surface area contributed by atoms with E-state index < -0.39 is 0 Å². The van der Waals surface area contributed by atoms with Crippen LogP contribution in [-0.2, 0) is 6.42 Å². The molecule has 0 fully saturated rings. The lowest BCUT2D eigenvalue weighted by Gasteiger charge is -2.05. The predicted molar refractivity (Wildman–Crippen MR) is 94.2 cm³/mol. The Morgan fingerprint density at radius 3 is 2.17 bits per heavy atom. The fourth-order valence-corrected chi connectivity index (χ4v) is 2.12. The van der Waals surface area contributed by atoms with Crippen molar-refractivity contribution in [1.82, 2.24) is 4.57 Å². The van der Waals surface area contributed by atoms with Crippen molar-refractivity contribution in [1.29, 1.82) is 0 Å². The molecule has 1 N–H and O–H groups in total. The Morgan fingerprint density at radius 2 is 1.62 bits per heavy atom. The quantitative estimate of drug-likeness (QED) is 0.766. The van der Waals surface area contributed by atoms with Crippen LogP contribution in [0.3, 0.4) is 0 Å². The van der Waals surface area contributed by atoms with Crippen molar-refractivity contribution in [2.75, 3.05) is 0 Å². The van der Waals surface area contributed by atoms with Crippen LogP contribution < -0.4 is 5.56 Å². The monoisotopic (exact) mass is 325 g/mol. The van der Waals surface area contributed by atoms with Gasteiger partial charge in [0.15, 0.2) is 0 Å². The maximum atomic E-state index is 12.2. The van der Waals surface area contributed by atoms with Crippen LogP contribution in [0.1, 0.15) is 18.1 Å². The summed E-state index contributed by atoms with van der Waals surface area (Å²) in [6.07, 6.45) is 2.70. The summed E-state index contributed by atoms with van der Waals surface area (Å²) in [7, 11) is 0. The molecule has 0 atom stereocenters. The topological polar surface area (TPSA) is 42.2 Å². The number of aromatic hydroxyl groups is 1. The zero-order chi connectivity index (χ0) is 17.5. The van der Waals surface area contributed by atoms with Crippen molar-refractivity contribution in [2.45, 2.75) is 20.3 Å². The average molecular weight is 325 g/mol. The molecular formula is C20H20FNO2. The molecule has 0 spiro atoms. The maximum Gasteiger partial charge on any atom is 0.255 e. The number of phenolic OH excluding ortho intramolecular Hbond substituents is 1. The number of halogens is 1. The first-order valence-corrected chi connectivity index (χ1v) is 7.72. The van der Waals surface area contributed by atoms with Crippen LogP contribution in [0.5, 0.6) is 5.75 Å². The third-order valence-corrected chi connectivity index (χ3v) is 3.52. The Balaban J connectivity index is 0.000000198. The Bertz CT molecular complexity index is 837. The normalized spacial score (nSPS) is 9.96. The Kier molecular flexibility index (Phi) is 5.90. The number of pyridine rings is 1. The zero-order valence-electron chi connectivity index (χ0n) is 13.7. The van der Waals surface area contributed by atoms with Gasteiger partial charge in [-0.3, -0.25) is 9.36 Å². The minimum absolute atomic E-state index is 0.0688. The smallest absolute Gasteiger partial charge is 0.255 e. The molecule has 1 heterocycles. The lowest BCUT2D eigenvalue weighted by atomic mass is 10.2. The highest BCUT2D eigenvalue weighted by atomic mass is 19.1. The lowest BCUT2D eigenvalue weighted by molar-refractivity contribution is 0.475. The number of hydrogen-bond donors (Lipinski definition) is 1. The van der Waals surface area contributed by atoms with Gasteiger partial charge in [0.05, 0.1) is 0 Å². The zero-order valence-corrected chi connectivity index (χ0v) is 13.7. The van der Waals surface area contributed by atoms with E-state index in [2.05, 4.69) is 0 Å². The minimum atomic E-state index is -0.160. The van der Waals surface area contributed by atoms with Gasteiger partial charge in [0.1, 0.15) is 11.6 Å². The Labute approximate surface area is 140 Å². The second kappa shape index (κ2) is 8.11. The highest BCUT2D eigenvalue weighted by Crippen LogP contribution is 2.12. The number of phenols is 1. The molecule has 3 aromatic rings. The van der Waals surface area contributed by atoms with E-state index in [0.29, 0.717) is 0 Å². The van der Waals surface area contributed by atoms with E-state index in [1.807, 2.05) is 19.9 Å². The number of benzene rings is 2. The van der Waals surface area contributed by atoms with Gasteiger partial charge in [-0.1, -0.05) is 19.1 Å². The number of aryl methyl sites for hydroxylation is 2. The van der Waals surface area contributed by atoms with Crippen LogP contribution in [0.2, 0.25) is 0 Å². The molecule has 0 saturated carbocycles. The number of rotatable bonds is 2. The summed E-state index contributed by atoms with van der Waals surface area (Å²) in [5, 5.41) is 9.13. The third kappa shape index (κ3) is 4.81. The molecule has 3 rings (SSSR count). The SMILES string of the molecule is CCc1ccc(F)cc1.Cc1ccn(-c2ccc(O)cc2)c(=O)c1. The van der Waals surface area contributed by atoms with Crippen LogP contribution in [0.4, 0.5) is 4.39 Å². The van der Waals surface area contributed by atoms with E-state index >= 15 is 0 Å². The van der Waals surface area contributed by atoms with Crippen LogP contribution in [0.25, 0.3) is 5.69 Å². The van der Waals surface area contributed by atoms with Crippen molar-refractivity contribution < 1.29 is 9.50 Å². The second-order valence-corrected chi connectivity index (χ2v) is 5.41. The summed E-state index contributed by atoms with van der Waals surface area (Å²) < 4.78 is 13.8. The van der Waals surface area contributed by atoms with Crippen molar-refractivity contribution in [3.05, 3.63) is 94.2 Å². The molecule has 0 aliphatic carbocycles. The predicted octanol–water partition coefficient (Wildman–Crippen LogP) is 4.24. The minimum Gasteiger partial charge on any atom is -0.508 e. The number of hydrogen-bond acceptors (Lipinski definition) is 2. The van der Waals surface area contributed by atoms with Gasteiger partial charge in [-0.05, 0) is 66.9 Å². The molecule has 1 aromatic heterocycles.